The fraction of sp³-hybridized carbons (Fsp3) is 0.200. The number of anilines is 1. The number of hydrogen-bond donors (Lipinski definition) is 1. The van der Waals surface area contributed by atoms with E-state index in [2.05, 4.69) is 15.9 Å². The van der Waals surface area contributed by atoms with Gasteiger partial charge >= 0.3 is 0 Å². The minimum absolute atomic E-state index is 0.271. The van der Waals surface area contributed by atoms with E-state index in [-0.39, 0.29) is 5.82 Å². The zero-order chi connectivity index (χ0) is 14.0. The maximum absolute atomic E-state index is 13.0. The largest absolute Gasteiger partial charge is 0.488 e. The first-order valence-electron chi connectivity index (χ1n) is 5.91. The second-order valence-corrected chi connectivity index (χ2v) is 5.30. The molecule has 0 unspecified atom stereocenters. The Kier molecular flexibility index (Phi) is 4.10. The van der Waals surface area contributed by atoms with Crippen molar-refractivity contribution in [1.82, 2.24) is 0 Å². The van der Waals surface area contributed by atoms with Crippen molar-refractivity contribution in [1.29, 1.82) is 0 Å². The van der Waals surface area contributed by atoms with E-state index in [0.717, 1.165) is 22.4 Å². The van der Waals surface area contributed by atoms with E-state index < -0.39 is 0 Å². The second-order valence-electron chi connectivity index (χ2n) is 4.45. The van der Waals surface area contributed by atoms with E-state index in [9.17, 15) is 4.39 Å². The maximum atomic E-state index is 13.0. The molecule has 4 heteroatoms. The van der Waals surface area contributed by atoms with Gasteiger partial charge in [-0.25, -0.2) is 4.39 Å². The summed E-state index contributed by atoms with van der Waals surface area (Å²) in [4.78, 5) is 0. The smallest absolute Gasteiger partial charge is 0.127 e. The average Bonchev–Trinajstić information content (AvgIpc) is 2.36. The van der Waals surface area contributed by atoms with E-state index in [0.29, 0.717) is 16.8 Å². The Morgan fingerprint density at radius 1 is 1.21 bits per heavy atom. The molecule has 0 spiro atoms. The van der Waals surface area contributed by atoms with E-state index in [1.807, 2.05) is 26.0 Å². The molecule has 0 aromatic heterocycles. The van der Waals surface area contributed by atoms with Crippen LogP contribution in [0.2, 0.25) is 0 Å². The Hall–Kier alpha value is -1.55. The van der Waals surface area contributed by atoms with Gasteiger partial charge in [0.1, 0.15) is 18.2 Å². The molecule has 0 aliphatic rings. The third kappa shape index (κ3) is 3.07. The van der Waals surface area contributed by atoms with Crippen LogP contribution in [0.15, 0.2) is 34.8 Å². The first-order chi connectivity index (χ1) is 8.99. The van der Waals surface area contributed by atoms with Crippen molar-refractivity contribution in [3.63, 3.8) is 0 Å². The molecule has 2 aromatic carbocycles. The highest BCUT2D eigenvalue weighted by molar-refractivity contribution is 9.10. The lowest BCUT2D eigenvalue weighted by Gasteiger charge is -2.14. The van der Waals surface area contributed by atoms with Crippen LogP contribution in [0.4, 0.5) is 10.1 Å². The fourth-order valence-corrected chi connectivity index (χ4v) is 2.32. The molecule has 0 fully saturated rings. The molecule has 2 rings (SSSR count). The number of hydrogen-bond acceptors (Lipinski definition) is 2. The molecule has 2 nitrogen and oxygen atoms in total. The summed E-state index contributed by atoms with van der Waals surface area (Å²) in [7, 11) is 0. The van der Waals surface area contributed by atoms with Crippen LogP contribution in [0.1, 0.15) is 16.7 Å². The number of aryl methyl sites for hydroxylation is 1. The number of nitrogen functional groups attached to an aromatic ring is 1. The minimum Gasteiger partial charge on any atom is -0.488 e. The predicted octanol–water partition coefficient (Wildman–Crippen LogP) is 4.37. The topological polar surface area (TPSA) is 35.2 Å². The number of halogens is 2. The lowest BCUT2D eigenvalue weighted by molar-refractivity contribution is 0.301. The van der Waals surface area contributed by atoms with Gasteiger partial charge in [-0.3, -0.25) is 0 Å². The highest BCUT2D eigenvalue weighted by Crippen LogP contribution is 2.29. The quantitative estimate of drug-likeness (QED) is 0.851. The SMILES string of the molecule is Cc1ccc(N)c(C)c1OCc1ccc(F)cc1Br. The molecule has 0 heterocycles. The molecule has 19 heavy (non-hydrogen) atoms. The third-order valence-corrected chi connectivity index (χ3v) is 3.77. The van der Waals surface area contributed by atoms with Gasteiger partial charge in [0, 0.05) is 21.3 Å². The Morgan fingerprint density at radius 3 is 2.63 bits per heavy atom. The van der Waals surface area contributed by atoms with Crippen LogP contribution in [-0.4, -0.2) is 0 Å². The fourth-order valence-electron chi connectivity index (χ4n) is 1.85. The van der Waals surface area contributed by atoms with Crippen LogP contribution in [0.3, 0.4) is 0 Å². The van der Waals surface area contributed by atoms with E-state index in [1.165, 1.54) is 12.1 Å². The molecular formula is C15H15BrFNO. The van der Waals surface area contributed by atoms with Crippen LogP contribution in [0.25, 0.3) is 0 Å². The van der Waals surface area contributed by atoms with Crippen molar-refractivity contribution in [3.8, 4) is 5.75 Å². The predicted molar refractivity (Wildman–Crippen MR) is 78.8 cm³/mol. The summed E-state index contributed by atoms with van der Waals surface area (Å²) in [6, 6.07) is 8.35. The second kappa shape index (κ2) is 5.61. The van der Waals surface area contributed by atoms with Crippen LogP contribution < -0.4 is 10.5 Å². The lowest BCUT2D eigenvalue weighted by Crippen LogP contribution is -2.02. The summed E-state index contributed by atoms with van der Waals surface area (Å²) < 4.78 is 19.5. The third-order valence-electron chi connectivity index (χ3n) is 3.03. The highest BCUT2D eigenvalue weighted by atomic mass is 79.9. The summed E-state index contributed by atoms with van der Waals surface area (Å²) in [5, 5.41) is 0. The molecule has 0 aliphatic heterocycles. The summed E-state index contributed by atoms with van der Waals surface area (Å²) in [6.45, 7) is 4.27. The molecule has 2 aromatic rings. The van der Waals surface area contributed by atoms with Gasteiger partial charge in [-0.2, -0.15) is 0 Å². The van der Waals surface area contributed by atoms with Gasteiger partial charge in [-0.15, -0.1) is 0 Å². The van der Waals surface area contributed by atoms with Crippen molar-refractivity contribution in [2.24, 2.45) is 0 Å². The van der Waals surface area contributed by atoms with Gasteiger partial charge in [-0.1, -0.05) is 28.1 Å². The molecule has 0 radical (unpaired) electrons. The lowest BCUT2D eigenvalue weighted by atomic mass is 10.1. The summed E-state index contributed by atoms with van der Waals surface area (Å²) in [5.74, 6) is 0.517. The number of nitrogens with two attached hydrogens (primary N) is 1. The minimum atomic E-state index is -0.271. The standard InChI is InChI=1S/C15H15BrFNO/c1-9-3-6-14(18)10(2)15(9)19-8-11-4-5-12(17)7-13(11)16/h3-7H,8,18H2,1-2H3. The molecule has 0 saturated heterocycles. The molecule has 0 aliphatic carbocycles. The Morgan fingerprint density at radius 2 is 1.95 bits per heavy atom. The summed E-state index contributed by atoms with van der Waals surface area (Å²) in [5.41, 5.74) is 9.43. The molecule has 100 valence electrons. The monoisotopic (exact) mass is 323 g/mol. The Bertz CT molecular complexity index is 613. The summed E-state index contributed by atoms with van der Waals surface area (Å²) in [6.07, 6.45) is 0. The van der Waals surface area contributed by atoms with Gasteiger partial charge in [0.15, 0.2) is 0 Å². The van der Waals surface area contributed by atoms with Crippen LogP contribution in [0, 0.1) is 19.7 Å². The molecule has 0 amide bonds. The molecular weight excluding hydrogens is 309 g/mol. The average molecular weight is 324 g/mol. The molecule has 0 atom stereocenters. The van der Waals surface area contributed by atoms with Gasteiger partial charge < -0.3 is 10.5 Å². The first-order valence-corrected chi connectivity index (χ1v) is 6.70. The number of benzene rings is 2. The van der Waals surface area contributed by atoms with Gasteiger partial charge in [0.25, 0.3) is 0 Å². The maximum Gasteiger partial charge on any atom is 0.127 e. The normalized spacial score (nSPS) is 10.5. The zero-order valence-corrected chi connectivity index (χ0v) is 12.4. The van der Waals surface area contributed by atoms with Crippen molar-refractivity contribution in [3.05, 3.63) is 57.3 Å². The van der Waals surface area contributed by atoms with Crippen LogP contribution >= 0.6 is 15.9 Å². The Labute approximate surface area is 120 Å². The van der Waals surface area contributed by atoms with Gasteiger partial charge in [-0.05, 0) is 37.6 Å². The van der Waals surface area contributed by atoms with Crippen molar-refractivity contribution >= 4 is 21.6 Å². The van der Waals surface area contributed by atoms with E-state index >= 15 is 0 Å². The highest BCUT2D eigenvalue weighted by Gasteiger charge is 2.08. The van der Waals surface area contributed by atoms with Crippen molar-refractivity contribution in [2.45, 2.75) is 20.5 Å². The van der Waals surface area contributed by atoms with Crippen molar-refractivity contribution < 1.29 is 9.13 Å². The van der Waals surface area contributed by atoms with Crippen molar-refractivity contribution in [2.75, 3.05) is 5.73 Å². The summed E-state index contributed by atoms with van der Waals surface area (Å²) >= 11 is 3.33. The van der Waals surface area contributed by atoms with Gasteiger partial charge in [0.05, 0.1) is 0 Å². The van der Waals surface area contributed by atoms with Gasteiger partial charge in [0.2, 0.25) is 0 Å². The molecule has 0 saturated carbocycles. The van der Waals surface area contributed by atoms with Crippen LogP contribution in [-0.2, 0) is 6.61 Å². The molecule has 0 bridgehead atoms. The number of ether oxygens (including phenoxy) is 1. The van der Waals surface area contributed by atoms with E-state index in [1.54, 1.807) is 6.07 Å². The Balaban J connectivity index is 2.21. The molecule has 2 N–H and O–H groups in total. The first kappa shape index (κ1) is 13.9. The number of rotatable bonds is 3. The van der Waals surface area contributed by atoms with E-state index in [4.69, 9.17) is 10.5 Å². The van der Waals surface area contributed by atoms with Crippen LogP contribution in [0.5, 0.6) is 5.75 Å². The zero-order valence-electron chi connectivity index (χ0n) is 10.8.